The van der Waals surface area contributed by atoms with Crippen molar-refractivity contribution in [3.8, 4) is 11.9 Å². The summed E-state index contributed by atoms with van der Waals surface area (Å²) in [7, 11) is 0. The van der Waals surface area contributed by atoms with Gasteiger partial charge in [0.2, 0.25) is 11.9 Å². The normalized spacial score (nSPS) is 12.2. The summed E-state index contributed by atoms with van der Waals surface area (Å²) in [6, 6.07) is 9.88. The molecule has 0 fully saturated rings. The van der Waals surface area contributed by atoms with Crippen molar-refractivity contribution >= 4 is 22.9 Å². The van der Waals surface area contributed by atoms with Crippen LogP contribution in [0.15, 0.2) is 36.5 Å². The standard InChI is InChI=1S/C19H18FN5O/c1-11(2)12(3)18(26)24-19-23-15-6-4-13(9-21)8-16(15)25(19)17-7-5-14(20)10-22-17/h4-8,10-12H,1-3H3,(H,23,24,26). The van der Waals surface area contributed by atoms with E-state index in [1.807, 2.05) is 20.8 Å². The lowest BCUT2D eigenvalue weighted by Crippen LogP contribution is -2.25. The highest BCUT2D eigenvalue weighted by atomic mass is 19.1. The molecule has 1 amide bonds. The van der Waals surface area contributed by atoms with Crippen LogP contribution in [0.1, 0.15) is 26.3 Å². The lowest BCUT2D eigenvalue weighted by atomic mass is 9.97. The van der Waals surface area contributed by atoms with Crippen LogP contribution in [0.3, 0.4) is 0 Å². The minimum absolute atomic E-state index is 0.167. The first-order valence-electron chi connectivity index (χ1n) is 8.26. The lowest BCUT2D eigenvalue weighted by Gasteiger charge is -2.15. The van der Waals surface area contributed by atoms with Gasteiger partial charge in [0.15, 0.2) is 0 Å². The summed E-state index contributed by atoms with van der Waals surface area (Å²) in [6.45, 7) is 5.78. The van der Waals surface area contributed by atoms with E-state index in [1.54, 1.807) is 22.8 Å². The molecule has 0 aliphatic heterocycles. The number of nitrogens with zero attached hydrogens (tertiary/aromatic N) is 4. The number of halogens is 1. The molecule has 6 nitrogen and oxygen atoms in total. The molecule has 3 rings (SSSR count). The first-order valence-corrected chi connectivity index (χ1v) is 8.26. The fraction of sp³-hybridized carbons (Fsp3) is 0.263. The summed E-state index contributed by atoms with van der Waals surface area (Å²) in [4.78, 5) is 21.0. The van der Waals surface area contributed by atoms with Crippen LogP contribution in [0.5, 0.6) is 0 Å². The van der Waals surface area contributed by atoms with Gasteiger partial charge in [0, 0.05) is 5.92 Å². The van der Waals surface area contributed by atoms with Gasteiger partial charge in [-0.2, -0.15) is 5.26 Å². The van der Waals surface area contributed by atoms with Gasteiger partial charge in [-0.05, 0) is 36.2 Å². The number of hydrogen-bond donors (Lipinski definition) is 1. The minimum Gasteiger partial charge on any atom is -0.295 e. The number of imidazole rings is 1. The molecule has 26 heavy (non-hydrogen) atoms. The van der Waals surface area contributed by atoms with E-state index in [-0.39, 0.29) is 23.7 Å². The van der Waals surface area contributed by atoms with Gasteiger partial charge in [-0.15, -0.1) is 0 Å². The molecule has 1 unspecified atom stereocenters. The number of aromatic nitrogens is 3. The molecule has 0 aliphatic rings. The average molecular weight is 351 g/mol. The predicted octanol–water partition coefficient (Wildman–Crippen LogP) is 3.66. The molecule has 0 saturated heterocycles. The van der Waals surface area contributed by atoms with Crippen molar-refractivity contribution in [1.82, 2.24) is 14.5 Å². The van der Waals surface area contributed by atoms with Crippen LogP contribution in [0.4, 0.5) is 10.3 Å². The zero-order chi connectivity index (χ0) is 18.8. The Morgan fingerprint density at radius 2 is 2.04 bits per heavy atom. The molecular formula is C19H18FN5O. The van der Waals surface area contributed by atoms with Crippen molar-refractivity contribution in [2.24, 2.45) is 11.8 Å². The summed E-state index contributed by atoms with van der Waals surface area (Å²) in [5.41, 5.74) is 1.66. The van der Waals surface area contributed by atoms with Crippen molar-refractivity contribution in [3.05, 3.63) is 47.9 Å². The second-order valence-corrected chi connectivity index (χ2v) is 6.44. The highest BCUT2D eigenvalue weighted by Gasteiger charge is 2.21. The maximum Gasteiger partial charge on any atom is 0.229 e. The quantitative estimate of drug-likeness (QED) is 0.777. The molecule has 3 aromatic rings. The molecule has 0 spiro atoms. The van der Waals surface area contributed by atoms with Crippen LogP contribution in [-0.2, 0) is 4.79 Å². The third-order valence-corrected chi connectivity index (χ3v) is 4.37. The lowest BCUT2D eigenvalue weighted by molar-refractivity contribution is -0.120. The molecule has 2 heterocycles. The van der Waals surface area contributed by atoms with E-state index >= 15 is 0 Å². The summed E-state index contributed by atoms with van der Waals surface area (Å²) in [6.07, 6.45) is 1.09. The number of nitriles is 1. The van der Waals surface area contributed by atoms with E-state index in [0.29, 0.717) is 22.4 Å². The van der Waals surface area contributed by atoms with Gasteiger partial charge in [0.05, 0.1) is 28.9 Å². The van der Waals surface area contributed by atoms with Crippen molar-refractivity contribution in [2.45, 2.75) is 20.8 Å². The zero-order valence-electron chi connectivity index (χ0n) is 14.7. The molecule has 132 valence electrons. The number of fused-ring (bicyclic) bond motifs is 1. The Morgan fingerprint density at radius 1 is 1.27 bits per heavy atom. The highest BCUT2D eigenvalue weighted by Crippen LogP contribution is 2.25. The number of pyridine rings is 1. The summed E-state index contributed by atoms with van der Waals surface area (Å²) in [5.74, 6) is 0.0123. The van der Waals surface area contributed by atoms with Crippen LogP contribution in [-0.4, -0.2) is 20.4 Å². The number of carbonyl (C=O) groups excluding carboxylic acids is 1. The number of hydrogen-bond acceptors (Lipinski definition) is 4. The molecule has 1 atom stereocenters. The third kappa shape index (κ3) is 3.26. The van der Waals surface area contributed by atoms with E-state index in [2.05, 4.69) is 21.4 Å². The molecule has 0 radical (unpaired) electrons. The second kappa shape index (κ2) is 6.92. The Balaban J connectivity index is 2.15. The van der Waals surface area contributed by atoms with E-state index in [0.717, 1.165) is 6.20 Å². The Morgan fingerprint density at radius 3 is 2.65 bits per heavy atom. The van der Waals surface area contributed by atoms with E-state index in [4.69, 9.17) is 5.26 Å². The SMILES string of the molecule is CC(C)C(C)C(=O)Nc1nc2ccc(C#N)cc2n1-c1ccc(F)cn1. The molecule has 0 bridgehead atoms. The van der Waals surface area contributed by atoms with Crippen LogP contribution in [0, 0.1) is 29.0 Å². The molecule has 1 aromatic carbocycles. The molecule has 1 N–H and O–H groups in total. The number of rotatable bonds is 4. The maximum absolute atomic E-state index is 13.3. The van der Waals surface area contributed by atoms with Crippen molar-refractivity contribution in [2.75, 3.05) is 5.32 Å². The van der Waals surface area contributed by atoms with Crippen LogP contribution in [0.25, 0.3) is 16.9 Å². The average Bonchev–Trinajstić information content (AvgIpc) is 2.98. The van der Waals surface area contributed by atoms with Crippen molar-refractivity contribution in [1.29, 1.82) is 5.26 Å². The van der Waals surface area contributed by atoms with Gasteiger partial charge < -0.3 is 0 Å². The first kappa shape index (κ1) is 17.5. The van der Waals surface area contributed by atoms with Gasteiger partial charge >= 0.3 is 0 Å². The van der Waals surface area contributed by atoms with Crippen LogP contribution >= 0.6 is 0 Å². The van der Waals surface area contributed by atoms with Gasteiger partial charge in [-0.25, -0.2) is 14.4 Å². The van der Waals surface area contributed by atoms with Crippen LogP contribution < -0.4 is 5.32 Å². The number of anilines is 1. The van der Waals surface area contributed by atoms with Gasteiger partial charge in [0.25, 0.3) is 0 Å². The maximum atomic E-state index is 13.3. The van der Waals surface area contributed by atoms with Gasteiger partial charge in [-0.1, -0.05) is 20.8 Å². The topological polar surface area (TPSA) is 83.6 Å². The predicted molar refractivity (Wildman–Crippen MR) is 96.2 cm³/mol. The van der Waals surface area contributed by atoms with Gasteiger partial charge in [-0.3, -0.25) is 14.7 Å². The Labute approximate surface area is 150 Å². The number of carbonyl (C=O) groups is 1. The molecule has 0 aliphatic carbocycles. The van der Waals surface area contributed by atoms with E-state index in [9.17, 15) is 9.18 Å². The van der Waals surface area contributed by atoms with Crippen molar-refractivity contribution < 1.29 is 9.18 Å². The molecular weight excluding hydrogens is 333 g/mol. The van der Waals surface area contributed by atoms with Crippen molar-refractivity contribution in [3.63, 3.8) is 0 Å². The largest absolute Gasteiger partial charge is 0.295 e. The second-order valence-electron chi connectivity index (χ2n) is 6.44. The van der Waals surface area contributed by atoms with Crippen LogP contribution in [0.2, 0.25) is 0 Å². The Kier molecular flexibility index (Phi) is 4.67. The fourth-order valence-corrected chi connectivity index (χ4v) is 2.49. The number of amides is 1. The van der Waals surface area contributed by atoms with E-state index in [1.165, 1.54) is 12.1 Å². The molecule has 2 aromatic heterocycles. The Bertz CT molecular complexity index is 1000. The minimum atomic E-state index is -0.463. The van der Waals surface area contributed by atoms with Gasteiger partial charge in [0.1, 0.15) is 11.6 Å². The fourth-order valence-electron chi connectivity index (χ4n) is 2.49. The summed E-state index contributed by atoms with van der Waals surface area (Å²) < 4.78 is 14.9. The monoisotopic (exact) mass is 351 g/mol. The summed E-state index contributed by atoms with van der Waals surface area (Å²) >= 11 is 0. The molecule has 7 heteroatoms. The number of nitrogens with one attached hydrogen (secondary N) is 1. The zero-order valence-corrected chi connectivity index (χ0v) is 14.7. The third-order valence-electron chi connectivity index (χ3n) is 4.37. The first-order chi connectivity index (χ1) is 12.4. The van der Waals surface area contributed by atoms with E-state index < -0.39 is 5.82 Å². The highest BCUT2D eigenvalue weighted by molar-refractivity contribution is 5.93. The Hall–Kier alpha value is -3.27. The summed E-state index contributed by atoms with van der Waals surface area (Å²) in [5, 5.41) is 12.0. The molecule has 0 saturated carbocycles. The number of benzene rings is 1. The smallest absolute Gasteiger partial charge is 0.229 e.